The molecule has 0 radical (unpaired) electrons. The Kier molecular flexibility index (Phi) is 6.55. The number of hydrogen-bond donors (Lipinski definition) is 3. The van der Waals surface area contributed by atoms with Gasteiger partial charge in [-0.2, -0.15) is 0 Å². The van der Waals surface area contributed by atoms with Gasteiger partial charge in [0.1, 0.15) is 0 Å². The smallest absolute Gasteiger partial charge is 0.223 e. The Hall–Kier alpha value is -1.86. The van der Waals surface area contributed by atoms with Gasteiger partial charge in [-0.15, -0.1) is 0 Å². The van der Waals surface area contributed by atoms with Gasteiger partial charge >= 0.3 is 0 Å². The molecule has 1 aromatic heterocycles. The van der Waals surface area contributed by atoms with E-state index in [0.717, 1.165) is 37.6 Å². The fraction of sp³-hybridized carbons (Fsp3) is 0.550. The number of carbonyl (C=O) groups excluding carboxylic acids is 1. The first-order valence-electron chi connectivity index (χ1n) is 9.78. The van der Waals surface area contributed by atoms with Crippen molar-refractivity contribution in [1.82, 2.24) is 15.0 Å². The molecule has 1 aromatic carbocycles. The molecule has 3 rings (SSSR count). The predicted molar refractivity (Wildman–Crippen MR) is 108 cm³/mol. The van der Waals surface area contributed by atoms with Gasteiger partial charge in [0.25, 0.3) is 0 Å². The van der Waals surface area contributed by atoms with Crippen LogP contribution < -0.4 is 10.0 Å². The quantitative estimate of drug-likeness (QED) is 0.646. The summed E-state index contributed by atoms with van der Waals surface area (Å²) in [6, 6.07) is 8.18. The van der Waals surface area contributed by atoms with E-state index in [1.54, 1.807) is 6.92 Å². The van der Waals surface area contributed by atoms with Gasteiger partial charge in [-0.1, -0.05) is 18.2 Å². The van der Waals surface area contributed by atoms with Crippen molar-refractivity contribution >= 4 is 26.8 Å². The van der Waals surface area contributed by atoms with Crippen molar-refractivity contribution < 1.29 is 13.2 Å². The fourth-order valence-electron chi connectivity index (χ4n) is 3.78. The Morgan fingerprint density at radius 2 is 1.93 bits per heavy atom. The number of para-hydroxylation sites is 1. The number of benzene rings is 1. The van der Waals surface area contributed by atoms with Crippen LogP contribution in [0.2, 0.25) is 0 Å². The van der Waals surface area contributed by atoms with Gasteiger partial charge in [0.2, 0.25) is 15.9 Å². The van der Waals surface area contributed by atoms with Gasteiger partial charge < -0.3 is 10.3 Å². The minimum Gasteiger partial charge on any atom is -0.361 e. The molecule has 0 bridgehead atoms. The lowest BCUT2D eigenvalue weighted by Crippen LogP contribution is -2.37. The van der Waals surface area contributed by atoms with Crippen molar-refractivity contribution in [2.75, 3.05) is 18.8 Å². The summed E-state index contributed by atoms with van der Waals surface area (Å²) in [7, 11) is -3.13. The van der Waals surface area contributed by atoms with E-state index >= 15 is 0 Å². The first-order valence-corrected chi connectivity index (χ1v) is 11.4. The molecule has 1 aliphatic rings. The lowest BCUT2D eigenvalue weighted by molar-refractivity contribution is -0.126. The highest BCUT2D eigenvalue weighted by atomic mass is 32.2. The van der Waals surface area contributed by atoms with Gasteiger partial charge in [-0.05, 0) is 56.6 Å². The zero-order valence-corrected chi connectivity index (χ0v) is 16.6. The van der Waals surface area contributed by atoms with E-state index in [9.17, 15) is 13.2 Å². The second kappa shape index (κ2) is 8.89. The largest absolute Gasteiger partial charge is 0.361 e. The number of rotatable bonds is 8. The summed E-state index contributed by atoms with van der Waals surface area (Å²) >= 11 is 0. The number of hydrogen-bond acceptors (Lipinski definition) is 3. The molecule has 1 fully saturated rings. The second-order valence-electron chi connectivity index (χ2n) is 7.37. The summed E-state index contributed by atoms with van der Waals surface area (Å²) < 4.78 is 25.7. The molecule has 1 aliphatic carbocycles. The van der Waals surface area contributed by atoms with E-state index in [1.807, 2.05) is 18.3 Å². The van der Waals surface area contributed by atoms with E-state index in [0.29, 0.717) is 19.0 Å². The minimum absolute atomic E-state index is 0.0481. The first kappa shape index (κ1) is 19.9. The first-order chi connectivity index (χ1) is 13.0. The average Bonchev–Trinajstić information content (AvgIpc) is 3.10. The summed E-state index contributed by atoms with van der Waals surface area (Å²) in [4.78, 5) is 15.7. The Morgan fingerprint density at radius 3 is 2.67 bits per heavy atom. The molecule has 6 nitrogen and oxygen atoms in total. The SMILES string of the molecule is CCS(=O)(=O)NCC1CCC(C(=O)NCCc2c[nH]c3ccccc23)CC1. The highest BCUT2D eigenvalue weighted by Crippen LogP contribution is 2.28. The Morgan fingerprint density at radius 1 is 1.19 bits per heavy atom. The molecule has 1 saturated carbocycles. The van der Waals surface area contributed by atoms with E-state index < -0.39 is 10.0 Å². The third-order valence-electron chi connectivity index (χ3n) is 5.56. The number of amides is 1. The van der Waals surface area contributed by atoms with Crippen LogP contribution in [0.5, 0.6) is 0 Å². The molecule has 0 aliphatic heterocycles. The Labute approximate surface area is 161 Å². The normalized spacial score (nSPS) is 20.6. The summed E-state index contributed by atoms with van der Waals surface area (Å²) in [5.41, 5.74) is 2.34. The van der Waals surface area contributed by atoms with Crippen LogP contribution in [-0.4, -0.2) is 38.2 Å². The maximum absolute atomic E-state index is 12.4. The molecule has 148 valence electrons. The van der Waals surface area contributed by atoms with Crippen LogP contribution in [-0.2, 0) is 21.2 Å². The number of fused-ring (bicyclic) bond motifs is 1. The molecular formula is C20H29N3O3S. The van der Waals surface area contributed by atoms with Crippen molar-refractivity contribution in [2.45, 2.75) is 39.0 Å². The maximum Gasteiger partial charge on any atom is 0.223 e. The molecule has 1 amide bonds. The fourth-order valence-corrected chi connectivity index (χ4v) is 4.47. The van der Waals surface area contributed by atoms with E-state index in [2.05, 4.69) is 27.2 Å². The number of H-pyrrole nitrogens is 1. The van der Waals surface area contributed by atoms with Crippen LogP contribution in [0.1, 0.15) is 38.2 Å². The molecule has 0 atom stereocenters. The van der Waals surface area contributed by atoms with Crippen molar-refractivity contribution in [2.24, 2.45) is 11.8 Å². The molecule has 0 unspecified atom stereocenters. The Balaban J connectivity index is 1.39. The number of sulfonamides is 1. The van der Waals surface area contributed by atoms with Gasteiger partial charge in [-0.3, -0.25) is 4.79 Å². The third kappa shape index (κ3) is 5.32. The van der Waals surface area contributed by atoms with Crippen LogP contribution in [0.4, 0.5) is 0 Å². The molecule has 0 spiro atoms. The minimum atomic E-state index is -3.13. The van der Waals surface area contributed by atoms with Gasteiger partial charge in [0, 0.05) is 36.1 Å². The van der Waals surface area contributed by atoms with Crippen LogP contribution in [0.15, 0.2) is 30.5 Å². The van der Waals surface area contributed by atoms with Crippen LogP contribution in [0.25, 0.3) is 10.9 Å². The van der Waals surface area contributed by atoms with E-state index in [-0.39, 0.29) is 17.6 Å². The lowest BCUT2D eigenvalue weighted by Gasteiger charge is -2.27. The molecule has 27 heavy (non-hydrogen) atoms. The van der Waals surface area contributed by atoms with Crippen molar-refractivity contribution in [3.63, 3.8) is 0 Å². The number of carbonyl (C=O) groups is 1. The van der Waals surface area contributed by atoms with E-state index in [4.69, 9.17) is 0 Å². The van der Waals surface area contributed by atoms with E-state index in [1.165, 1.54) is 10.9 Å². The highest BCUT2D eigenvalue weighted by molar-refractivity contribution is 7.89. The lowest BCUT2D eigenvalue weighted by atomic mass is 9.81. The van der Waals surface area contributed by atoms with Crippen LogP contribution in [0.3, 0.4) is 0 Å². The summed E-state index contributed by atoms with van der Waals surface area (Å²) in [5, 5.41) is 4.28. The number of aromatic nitrogens is 1. The van der Waals surface area contributed by atoms with Crippen molar-refractivity contribution in [3.8, 4) is 0 Å². The predicted octanol–water partition coefficient (Wildman–Crippen LogP) is 2.57. The maximum atomic E-state index is 12.4. The zero-order valence-electron chi connectivity index (χ0n) is 15.8. The topological polar surface area (TPSA) is 91.1 Å². The Bertz CT molecular complexity index is 867. The standard InChI is InChI=1S/C20H29N3O3S/c1-2-27(25,26)23-13-15-7-9-16(10-8-15)20(24)21-12-11-17-14-22-19-6-4-3-5-18(17)19/h3-6,14-16,22-23H,2,7-13H2,1H3,(H,21,24). The zero-order chi connectivity index (χ0) is 19.3. The second-order valence-corrected chi connectivity index (χ2v) is 9.47. The monoisotopic (exact) mass is 391 g/mol. The summed E-state index contributed by atoms with van der Waals surface area (Å²) in [6.45, 7) is 2.77. The molecule has 3 N–H and O–H groups in total. The molecular weight excluding hydrogens is 362 g/mol. The van der Waals surface area contributed by atoms with Crippen molar-refractivity contribution in [3.05, 3.63) is 36.0 Å². The van der Waals surface area contributed by atoms with Gasteiger partial charge in [0.15, 0.2) is 0 Å². The highest BCUT2D eigenvalue weighted by Gasteiger charge is 2.26. The number of aromatic amines is 1. The van der Waals surface area contributed by atoms with Gasteiger partial charge in [-0.25, -0.2) is 13.1 Å². The molecule has 2 aromatic rings. The summed E-state index contributed by atoms with van der Waals surface area (Å²) in [6.07, 6.45) is 6.28. The van der Waals surface area contributed by atoms with Gasteiger partial charge in [0.05, 0.1) is 5.75 Å². The summed E-state index contributed by atoms with van der Waals surface area (Å²) in [5.74, 6) is 0.622. The molecule has 0 saturated heterocycles. The van der Waals surface area contributed by atoms with Crippen molar-refractivity contribution in [1.29, 1.82) is 0 Å². The molecule has 1 heterocycles. The van der Waals surface area contributed by atoms with Crippen LogP contribution in [0, 0.1) is 11.8 Å². The molecule has 7 heteroatoms. The number of nitrogens with one attached hydrogen (secondary N) is 3. The average molecular weight is 392 g/mol. The third-order valence-corrected chi connectivity index (χ3v) is 6.92. The van der Waals surface area contributed by atoms with Crippen LogP contribution >= 0.6 is 0 Å².